The Morgan fingerprint density at radius 3 is 2.57 bits per heavy atom. The molecule has 156 valence electrons. The highest BCUT2D eigenvalue weighted by atomic mass is 32.2. The Kier molecular flexibility index (Phi) is 4.85. The molecule has 8 heteroatoms. The summed E-state index contributed by atoms with van der Waals surface area (Å²) in [5, 5.41) is 7.85. The molecule has 0 radical (unpaired) electrons. The van der Waals surface area contributed by atoms with Gasteiger partial charge in [0.15, 0.2) is 6.23 Å². The third-order valence-corrected chi connectivity index (χ3v) is 7.25. The fraction of sp³-hybridized carbons (Fsp3) is 0.318. The second-order valence-corrected chi connectivity index (χ2v) is 9.54. The molecule has 2 saturated heterocycles. The first-order chi connectivity index (χ1) is 14.5. The van der Waals surface area contributed by atoms with Crippen LogP contribution in [0.1, 0.15) is 5.56 Å². The minimum atomic E-state index is -3.88. The third kappa shape index (κ3) is 3.51. The van der Waals surface area contributed by atoms with Gasteiger partial charge >= 0.3 is 0 Å². The number of hydrogen-bond acceptors (Lipinski definition) is 6. The van der Waals surface area contributed by atoms with Crippen LogP contribution < -0.4 is 10.2 Å². The van der Waals surface area contributed by atoms with E-state index in [1.807, 2.05) is 48.4 Å². The van der Waals surface area contributed by atoms with Gasteiger partial charge in [0, 0.05) is 25.6 Å². The van der Waals surface area contributed by atoms with E-state index in [4.69, 9.17) is 4.18 Å². The second-order valence-electron chi connectivity index (χ2n) is 7.97. The van der Waals surface area contributed by atoms with Crippen LogP contribution in [0.2, 0.25) is 0 Å². The molecular formula is C22H24N4O3S. The molecular weight excluding hydrogens is 400 g/mol. The van der Waals surface area contributed by atoms with Crippen LogP contribution in [0.4, 0.5) is 5.69 Å². The van der Waals surface area contributed by atoms with Crippen LogP contribution in [0.3, 0.4) is 0 Å². The summed E-state index contributed by atoms with van der Waals surface area (Å²) in [5.41, 5.74) is 2.82. The Morgan fingerprint density at radius 1 is 1.03 bits per heavy atom. The Morgan fingerprint density at radius 2 is 1.80 bits per heavy atom. The van der Waals surface area contributed by atoms with Crippen LogP contribution in [-0.2, 0) is 14.3 Å². The van der Waals surface area contributed by atoms with Gasteiger partial charge in [-0.25, -0.2) is 8.86 Å². The number of benzene rings is 2. The van der Waals surface area contributed by atoms with E-state index in [0.29, 0.717) is 5.92 Å². The standard InChI is InChI=1S/C22H24N4O3S/c1-16-7-9-20(10-8-16)30(27,28)29-22-21-13-23-11-17(21)14-25(22)19-12-24-26(15-19)18-5-3-2-4-6-18/h2-10,12,15,17,21-23H,11,13-14H2,1H3. The zero-order valence-electron chi connectivity index (χ0n) is 16.7. The highest BCUT2D eigenvalue weighted by Crippen LogP contribution is 2.38. The molecule has 5 rings (SSSR count). The molecule has 3 atom stereocenters. The predicted molar refractivity (Wildman–Crippen MR) is 114 cm³/mol. The monoisotopic (exact) mass is 424 g/mol. The summed E-state index contributed by atoms with van der Waals surface area (Å²) in [7, 11) is -3.88. The fourth-order valence-corrected chi connectivity index (χ4v) is 5.41. The normalized spacial score (nSPS) is 23.6. The van der Waals surface area contributed by atoms with E-state index in [-0.39, 0.29) is 10.8 Å². The van der Waals surface area contributed by atoms with Crippen molar-refractivity contribution in [3.63, 3.8) is 0 Å². The van der Waals surface area contributed by atoms with Crippen molar-refractivity contribution in [2.24, 2.45) is 11.8 Å². The van der Waals surface area contributed by atoms with Gasteiger partial charge in [0.25, 0.3) is 10.1 Å². The molecule has 0 bridgehead atoms. The quantitative estimate of drug-likeness (QED) is 0.635. The summed E-state index contributed by atoms with van der Waals surface area (Å²) in [5.74, 6) is 0.439. The third-order valence-electron chi connectivity index (χ3n) is 5.95. The molecule has 2 aromatic carbocycles. The lowest BCUT2D eigenvalue weighted by Crippen LogP contribution is -2.39. The SMILES string of the molecule is Cc1ccc(S(=O)(=O)OC2C3CNCC3CN2c2cnn(-c3ccccc3)c2)cc1. The largest absolute Gasteiger partial charge is 0.342 e. The molecule has 0 aliphatic carbocycles. The van der Waals surface area contributed by atoms with Gasteiger partial charge in [0.1, 0.15) is 0 Å². The van der Waals surface area contributed by atoms with Gasteiger partial charge in [-0.2, -0.15) is 13.5 Å². The second kappa shape index (κ2) is 7.54. The number of fused-ring (bicyclic) bond motifs is 1. The molecule has 0 saturated carbocycles. The van der Waals surface area contributed by atoms with Gasteiger partial charge in [-0.3, -0.25) is 0 Å². The van der Waals surface area contributed by atoms with E-state index in [1.54, 1.807) is 35.1 Å². The van der Waals surface area contributed by atoms with Crippen molar-refractivity contribution in [2.75, 3.05) is 24.5 Å². The molecule has 0 amide bonds. The Balaban J connectivity index is 1.45. The minimum Gasteiger partial charge on any atom is -0.342 e. The lowest BCUT2D eigenvalue weighted by atomic mass is 10.00. The first-order valence-electron chi connectivity index (χ1n) is 10.1. The molecule has 3 aromatic rings. The first kappa shape index (κ1) is 19.3. The highest BCUT2D eigenvalue weighted by molar-refractivity contribution is 7.86. The van der Waals surface area contributed by atoms with Gasteiger partial charge in [0.2, 0.25) is 0 Å². The maximum absolute atomic E-state index is 13.0. The molecule has 2 aliphatic heterocycles. The van der Waals surface area contributed by atoms with Crippen molar-refractivity contribution in [3.8, 4) is 5.69 Å². The number of anilines is 1. The average Bonchev–Trinajstić information content (AvgIpc) is 3.46. The van der Waals surface area contributed by atoms with Gasteiger partial charge in [-0.1, -0.05) is 35.9 Å². The molecule has 3 heterocycles. The lowest BCUT2D eigenvalue weighted by Gasteiger charge is -2.27. The molecule has 1 N–H and O–H groups in total. The van der Waals surface area contributed by atoms with Crippen molar-refractivity contribution >= 4 is 15.8 Å². The van der Waals surface area contributed by atoms with Gasteiger partial charge in [0.05, 0.1) is 28.7 Å². The molecule has 2 aliphatic rings. The Hall–Kier alpha value is -2.68. The molecule has 1 aromatic heterocycles. The minimum absolute atomic E-state index is 0.102. The zero-order chi connectivity index (χ0) is 20.7. The van der Waals surface area contributed by atoms with Crippen LogP contribution >= 0.6 is 0 Å². The fourth-order valence-electron chi connectivity index (χ4n) is 4.32. The first-order valence-corrected chi connectivity index (χ1v) is 11.5. The van der Waals surface area contributed by atoms with Crippen LogP contribution in [0.15, 0.2) is 71.9 Å². The molecule has 30 heavy (non-hydrogen) atoms. The number of para-hydroxylation sites is 1. The van der Waals surface area contributed by atoms with E-state index >= 15 is 0 Å². The van der Waals surface area contributed by atoms with Crippen molar-refractivity contribution in [2.45, 2.75) is 18.0 Å². The Bertz CT molecular complexity index is 1130. The summed E-state index contributed by atoms with van der Waals surface area (Å²) >= 11 is 0. The van der Waals surface area contributed by atoms with Gasteiger partial charge in [-0.05, 0) is 37.1 Å². The van der Waals surface area contributed by atoms with E-state index in [9.17, 15) is 8.42 Å². The van der Waals surface area contributed by atoms with E-state index in [2.05, 4.69) is 10.4 Å². The maximum Gasteiger partial charge on any atom is 0.298 e. The van der Waals surface area contributed by atoms with Crippen molar-refractivity contribution in [1.29, 1.82) is 0 Å². The number of nitrogens with zero attached hydrogens (tertiary/aromatic N) is 3. The highest BCUT2D eigenvalue weighted by Gasteiger charge is 2.47. The Labute approximate surface area is 176 Å². The number of aromatic nitrogens is 2. The van der Waals surface area contributed by atoms with E-state index < -0.39 is 16.3 Å². The number of aryl methyl sites for hydroxylation is 1. The van der Waals surface area contributed by atoms with Gasteiger partial charge < -0.3 is 10.2 Å². The number of hydrogen-bond donors (Lipinski definition) is 1. The van der Waals surface area contributed by atoms with Crippen LogP contribution in [0.25, 0.3) is 5.69 Å². The van der Waals surface area contributed by atoms with Crippen LogP contribution in [0, 0.1) is 18.8 Å². The predicted octanol–water partition coefficient (Wildman–Crippen LogP) is 2.57. The summed E-state index contributed by atoms with van der Waals surface area (Å²) in [4.78, 5) is 2.22. The zero-order valence-corrected chi connectivity index (χ0v) is 17.5. The molecule has 3 unspecified atom stereocenters. The topological polar surface area (TPSA) is 76.5 Å². The number of rotatable bonds is 5. The van der Waals surface area contributed by atoms with Crippen LogP contribution in [0.5, 0.6) is 0 Å². The van der Waals surface area contributed by atoms with Crippen molar-refractivity contribution in [1.82, 2.24) is 15.1 Å². The van der Waals surface area contributed by atoms with Crippen LogP contribution in [-0.4, -0.2) is 44.1 Å². The summed E-state index contributed by atoms with van der Waals surface area (Å²) < 4.78 is 33.6. The molecule has 7 nitrogen and oxygen atoms in total. The van der Waals surface area contributed by atoms with Gasteiger partial charge in [-0.15, -0.1) is 0 Å². The summed E-state index contributed by atoms with van der Waals surface area (Å²) in [6.07, 6.45) is 3.14. The van der Waals surface area contributed by atoms with Crippen molar-refractivity contribution in [3.05, 3.63) is 72.6 Å². The smallest absolute Gasteiger partial charge is 0.298 e. The van der Waals surface area contributed by atoms with Crippen molar-refractivity contribution < 1.29 is 12.6 Å². The molecule has 2 fully saturated rings. The molecule has 0 spiro atoms. The van der Waals surface area contributed by atoms with E-state index in [1.165, 1.54) is 0 Å². The number of nitrogens with one attached hydrogen (secondary N) is 1. The summed E-state index contributed by atoms with van der Waals surface area (Å²) in [6, 6.07) is 16.6. The average molecular weight is 425 g/mol. The maximum atomic E-state index is 13.0. The summed E-state index contributed by atoms with van der Waals surface area (Å²) in [6.45, 7) is 4.25. The van der Waals surface area contributed by atoms with E-state index in [0.717, 1.165) is 36.6 Å². The lowest BCUT2D eigenvalue weighted by molar-refractivity contribution is 0.167.